The third kappa shape index (κ3) is 7.24. The average Bonchev–Trinajstić information content (AvgIpc) is 2.79. The van der Waals surface area contributed by atoms with E-state index in [1.54, 1.807) is 25.2 Å². The maximum absolute atomic E-state index is 12.3. The molecule has 0 bridgehead atoms. The first-order chi connectivity index (χ1) is 14.5. The standard InChI is InChI=1S/C22H32N2O6/c1-28-18-8-7-17(19(13-18)29-2)14-23-20(25)9-6-16-5-4-12-24(15-16)21(26)10-11-22(27)30-3/h7-8,13,16H,4-6,9-12,14-15H2,1-3H3,(H,23,25)/t16-/m1/s1. The van der Waals surface area contributed by atoms with Crippen LogP contribution in [0.3, 0.4) is 0 Å². The fraction of sp³-hybridized carbons (Fsp3) is 0.591. The molecule has 0 unspecified atom stereocenters. The maximum Gasteiger partial charge on any atom is 0.306 e. The molecule has 2 amide bonds. The van der Waals surface area contributed by atoms with Crippen molar-refractivity contribution in [3.8, 4) is 11.5 Å². The zero-order valence-corrected chi connectivity index (χ0v) is 18.1. The lowest BCUT2D eigenvalue weighted by Crippen LogP contribution is -2.40. The fourth-order valence-corrected chi connectivity index (χ4v) is 3.61. The van der Waals surface area contributed by atoms with Gasteiger partial charge in [0, 0.05) is 44.1 Å². The average molecular weight is 421 g/mol. The predicted octanol–water partition coefficient (Wildman–Crippen LogP) is 2.29. The molecule has 8 heteroatoms. The molecule has 1 N–H and O–H groups in total. The molecule has 0 radical (unpaired) electrons. The van der Waals surface area contributed by atoms with Crippen LogP contribution in [0.5, 0.6) is 11.5 Å². The van der Waals surface area contributed by atoms with Crippen molar-refractivity contribution >= 4 is 17.8 Å². The highest BCUT2D eigenvalue weighted by Gasteiger charge is 2.24. The second-order valence-corrected chi connectivity index (χ2v) is 7.42. The Labute approximate surface area is 177 Å². The summed E-state index contributed by atoms with van der Waals surface area (Å²) in [6.07, 6.45) is 3.33. The van der Waals surface area contributed by atoms with Crippen LogP contribution in [0.4, 0.5) is 0 Å². The van der Waals surface area contributed by atoms with E-state index >= 15 is 0 Å². The maximum atomic E-state index is 12.3. The Hall–Kier alpha value is -2.77. The Balaban J connectivity index is 1.75. The fourth-order valence-electron chi connectivity index (χ4n) is 3.61. The molecule has 0 saturated carbocycles. The molecule has 166 valence electrons. The van der Waals surface area contributed by atoms with Crippen LogP contribution < -0.4 is 14.8 Å². The largest absolute Gasteiger partial charge is 0.497 e. The molecule has 0 aliphatic carbocycles. The highest BCUT2D eigenvalue weighted by Crippen LogP contribution is 2.25. The van der Waals surface area contributed by atoms with Crippen molar-refractivity contribution in [1.82, 2.24) is 10.2 Å². The second kappa shape index (κ2) is 12.0. The van der Waals surface area contributed by atoms with Crippen molar-refractivity contribution in [3.63, 3.8) is 0 Å². The molecule has 1 aromatic rings. The van der Waals surface area contributed by atoms with Gasteiger partial charge in [0.2, 0.25) is 11.8 Å². The van der Waals surface area contributed by atoms with E-state index in [0.29, 0.717) is 43.5 Å². The van der Waals surface area contributed by atoms with E-state index in [0.717, 1.165) is 24.8 Å². The molecule has 1 saturated heterocycles. The Bertz CT molecular complexity index is 736. The molecular formula is C22H32N2O6. The summed E-state index contributed by atoms with van der Waals surface area (Å²) in [4.78, 5) is 37.6. The summed E-state index contributed by atoms with van der Waals surface area (Å²) in [7, 11) is 4.50. The number of hydrogen-bond acceptors (Lipinski definition) is 6. The van der Waals surface area contributed by atoms with E-state index in [1.165, 1.54) is 7.11 Å². The van der Waals surface area contributed by atoms with Gasteiger partial charge in [0.1, 0.15) is 11.5 Å². The van der Waals surface area contributed by atoms with Gasteiger partial charge in [0.05, 0.1) is 27.8 Å². The van der Waals surface area contributed by atoms with Crippen molar-refractivity contribution < 1.29 is 28.6 Å². The molecule has 30 heavy (non-hydrogen) atoms. The molecule has 1 aliphatic rings. The first-order valence-electron chi connectivity index (χ1n) is 10.3. The predicted molar refractivity (Wildman–Crippen MR) is 111 cm³/mol. The van der Waals surface area contributed by atoms with Gasteiger partial charge in [-0.3, -0.25) is 14.4 Å². The number of ether oxygens (including phenoxy) is 3. The van der Waals surface area contributed by atoms with Gasteiger partial charge in [0.25, 0.3) is 0 Å². The van der Waals surface area contributed by atoms with E-state index < -0.39 is 0 Å². The second-order valence-electron chi connectivity index (χ2n) is 7.42. The number of nitrogens with zero attached hydrogens (tertiary/aromatic N) is 1. The Kier molecular flexibility index (Phi) is 9.44. The van der Waals surface area contributed by atoms with Crippen LogP contribution in [0.1, 0.15) is 44.1 Å². The minimum Gasteiger partial charge on any atom is -0.497 e. The van der Waals surface area contributed by atoms with Gasteiger partial charge in [-0.2, -0.15) is 0 Å². The molecule has 2 rings (SSSR count). The minimum atomic E-state index is -0.373. The zero-order chi connectivity index (χ0) is 21.9. The third-order valence-electron chi connectivity index (χ3n) is 5.39. The molecule has 1 aliphatic heterocycles. The van der Waals surface area contributed by atoms with Crippen molar-refractivity contribution in [1.29, 1.82) is 0 Å². The quantitative estimate of drug-likeness (QED) is 0.584. The lowest BCUT2D eigenvalue weighted by atomic mass is 9.93. The van der Waals surface area contributed by atoms with Crippen molar-refractivity contribution in [2.75, 3.05) is 34.4 Å². The smallest absolute Gasteiger partial charge is 0.306 e. The van der Waals surface area contributed by atoms with Crippen LogP contribution in [-0.2, 0) is 25.7 Å². The third-order valence-corrected chi connectivity index (χ3v) is 5.39. The van der Waals surface area contributed by atoms with Gasteiger partial charge in [-0.25, -0.2) is 0 Å². The molecule has 8 nitrogen and oxygen atoms in total. The molecule has 1 fully saturated rings. The molecule has 1 aromatic carbocycles. The summed E-state index contributed by atoms with van der Waals surface area (Å²) in [6, 6.07) is 5.49. The molecule has 0 aromatic heterocycles. The van der Waals surface area contributed by atoms with Crippen LogP contribution >= 0.6 is 0 Å². The topological polar surface area (TPSA) is 94.2 Å². The number of carbonyl (C=O) groups excluding carboxylic acids is 3. The molecule has 0 spiro atoms. The monoisotopic (exact) mass is 420 g/mol. The van der Waals surface area contributed by atoms with Crippen LogP contribution in [-0.4, -0.2) is 57.1 Å². The summed E-state index contributed by atoms with van der Waals surface area (Å²) in [5.74, 6) is 1.24. The number of nitrogens with one attached hydrogen (secondary N) is 1. The SMILES string of the molecule is COC(=O)CCC(=O)N1CCC[C@H](CCC(=O)NCc2ccc(OC)cc2OC)C1. The number of likely N-dealkylation sites (tertiary alicyclic amines) is 1. The van der Waals surface area contributed by atoms with Gasteiger partial charge in [-0.1, -0.05) is 0 Å². The van der Waals surface area contributed by atoms with E-state index in [9.17, 15) is 14.4 Å². The number of rotatable bonds is 10. The van der Waals surface area contributed by atoms with Gasteiger partial charge in [-0.15, -0.1) is 0 Å². The van der Waals surface area contributed by atoms with E-state index in [4.69, 9.17) is 9.47 Å². The lowest BCUT2D eigenvalue weighted by molar-refractivity contribution is -0.144. The molecule has 1 heterocycles. The number of benzene rings is 1. The minimum absolute atomic E-state index is 0.0259. The van der Waals surface area contributed by atoms with Gasteiger partial charge in [-0.05, 0) is 37.3 Å². The van der Waals surface area contributed by atoms with Crippen molar-refractivity contribution in [2.45, 2.75) is 45.1 Å². The number of carbonyl (C=O) groups is 3. The molecule has 1 atom stereocenters. The number of esters is 1. The van der Waals surface area contributed by atoms with Crippen molar-refractivity contribution in [3.05, 3.63) is 23.8 Å². The highest BCUT2D eigenvalue weighted by molar-refractivity contribution is 5.81. The van der Waals surface area contributed by atoms with Gasteiger partial charge >= 0.3 is 5.97 Å². The summed E-state index contributed by atoms with van der Waals surface area (Å²) in [6.45, 7) is 1.73. The van der Waals surface area contributed by atoms with Crippen LogP contribution in [0, 0.1) is 5.92 Å². The van der Waals surface area contributed by atoms with Crippen LogP contribution in [0.15, 0.2) is 18.2 Å². The number of amides is 2. The summed E-state index contributed by atoms with van der Waals surface area (Å²) >= 11 is 0. The summed E-state index contributed by atoms with van der Waals surface area (Å²) < 4.78 is 15.1. The number of hydrogen-bond donors (Lipinski definition) is 1. The number of methoxy groups -OCH3 is 3. The van der Waals surface area contributed by atoms with E-state index in [1.807, 2.05) is 12.1 Å². The Morgan fingerprint density at radius 1 is 1.10 bits per heavy atom. The first kappa shape index (κ1) is 23.5. The normalized spacial score (nSPS) is 16.0. The Morgan fingerprint density at radius 3 is 2.60 bits per heavy atom. The van der Waals surface area contributed by atoms with Gasteiger partial charge in [0.15, 0.2) is 0 Å². The molecular weight excluding hydrogens is 388 g/mol. The van der Waals surface area contributed by atoms with Gasteiger partial charge < -0.3 is 24.4 Å². The van der Waals surface area contributed by atoms with Crippen LogP contribution in [0.2, 0.25) is 0 Å². The van der Waals surface area contributed by atoms with Crippen molar-refractivity contribution in [2.24, 2.45) is 5.92 Å². The summed E-state index contributed by atoms with van der Waals surface area (Å²) in [5, 5.41) is 2.93. The first-order valence-corrected chi connectivity index (χ1v) is 10.3. The van der Waals surface area contributed by atoms with Crippen LogP contribution in [0.25, 0.3) is 0 Å². The number of piperidine rings is 1. The van der Waals surface area contributed by atoms with E-state index in [2.05, 4.69) is 10.1 Å². The highest BCUT2D eigenvalue weighted by atomic mass is 16.5. The van der Waals surface area contributed by atoms with E-state index in [-0.39, 0.29) is 30.6 Å². The zero-order valence-electron chi connectivity index (χ0n) is 18.1. The summed E-state index contributed by atoms with van der Waals surface area (Å²) in [5.41, 5.74) is 0.881. The Morgan fingerprint density at radius 2 is 1.90 bits per heavy atom. The lowest BCUT2D eigenvalue weighted by Gasteiger charge is -2.32.